The van der Waals surface area contributed by atoms with Gasteiger partial charge in [0.1, 0.15) is 11.4 Å². The normalized spacial score (nSPS) is 17.6. The van der Waals surface area contributed by atoms with Crippen LogP contribution in [0.2, 0.25) is 0 Å². The largest absolute Gasteiger partial charge is 0.497 e. The lowest BCUT2D eigenvalue weighted by Gasteiger charge is -2.39. The van der Waals surface area contributed by atoms with E-state index in [0.717, 1.165) is 42.1 Å². The number of methoxy groups -OCH3 is 1. The molecule has 0 unspecified atom stereocenters. The lowest BCUT2D eigenvalue weighted by molar-refractivity contribution is 0.0366. The molecule has 3 aromatic rings. The molecule has 3 aromatic carbocycles. The Balaban J connectivity index is 1.85. The van der Waals surface area contributed by atoms with Crippen molar-refractivity contribution in [2.45, 2.75) is 24.4 Å². The van der Waals surface area contributed by atoms with Crippen molar-refractivity contribution < 1.29 is 9.84 Å². The summed E-state index contributed by atoms with van der Waals surface area (Å²) in [6.45, 7) is 3.01. The Morgan fingerprint density at radius 1 is 0.828 bits per heavy atom. The molecule has 3 heteroatoms. The SMILES string of the molecule is COc1ccc([C@](O)(c2ccccc2)[C@H](CN2CCCC2)c2ccccc2)cc1. The maximum Gasteiger partial charge on any atom is 0.123 e. The third-order valence-corrected chi connectivity index (χ3v) is 6.09. The monoisotopic (exact) mass is 387 g/mol. The van der Waals surface area contributed by atoms with Gasteiger partial charge in [-0.15, -0.1) is 0 Å². The number of nitrogens with zero attached hydrogens (tertiary/aromatic N) is 1. The Bertz CT molecular complexity index is 889. The van der Waals surface area contributed by atoms with Crippen molar-refractivity contribution in [3.63, 3.8) is 0 Å². The molecule has 1 heterocycles. The fourth-order valence-electron chi connectivity index (χ4n) is 4.49. The fraction of sp³-hybridized carbons (Fsp3) is 0.308. The summed E-state index contributed by atoms with van der Waals surface area (Å²) in [5.74, 6) is 0.706. The van der Waals surface area contributed by atoms with E-state index < -0.39 is 5.60 Å². The molecule has 4 rings (SSSR count). The van der Waals surface area contributed by atoms with E-state index in [2.05, 4.69) is 29.2 Å². The summed E-state index contributed by atoms with van der Waals surface area (Å²) in [5.41, 5.74) is 1.81. The number of likely N-dealkylation sites (tertiary alicyclic amines) is 1. The third-order valence-electron chi connectivity index (χ3n) is 6.09. The Labute approximate surface area is 173 Å². The van der Waals surface area contributed by atoms with Gasteiger partial charge < -0.3 is 14.7 Å². The zero-order chi connectivity index (χ0) is 20.1. The van der Waals surface area contributed by atoms with Crippen LogP contribution in [0.3, 0.4) is 0 Å². The van der Waals surface area contributed by atoms with Crippen molar-refractivity contribution in [1.82, 2.24) is 4.90 Å². The first-order chi connectivity index (χ1) is 14.2. The molecule has 0 bridgehead atoms. The topological polar surface area (TPSA) is 32.7 Å². The Hall–Kier alpha value is -2.62. The highest BCUT2D eigenvalue weighted by Gasteiger charge is 2.42. The summed E-state index contributed by atoms with van der Waals surface area (Å²) < 4.78 is 5.35. The van der Waals surface area contributed by atoms with Crippen molar-refractivity contribution in [2.24, 2.45) is 0 Å². The van der Waals surface area contributed by atoms with E-state index in [1.54, 1.807) is 7.11 Å². The molecule has 150 valence electrons. The van der Waals surface area contributed by atoms with E-state index >= 15 is 0 Å². The number of hydrogen-bond acceptors (Lipinski definition) is 3. The van der Waals surface area contributed by atoms with Gasteiger partial charge in [-0.3, -0.25) is 0 Å². The number of benzene rings is 3. The van der Waals surface area contributed by atoms with Gasteiger partial charge in [0, 0.05) is 12.5 Å². The zero-order valence-electron chi connectivity index (χ0n) is 17.0. The lowest BCUT2D eigenvalue weighted by Crippen LogP contribution is -2.41. The van der Waals surface area contributed by atoms with Crippen LogP contribution in [0.1, 0.15) is 35.4 Å². The quantitative estimate of drug-likeness (QED) is 0.631. The van der Waals surface area contributed by atoms with Gasteiger partial charge in [-0.1, -0.05) is 72.8 Å². The molecule has 1 saturated heterocycles. The first kappa shape index (κ1) is 19.7. The Morgan fingerprint density at radius 2 is 1.38 bits per heavy atom. The Morgan fingerprint density at radius 3 is 1.97 bits per heavy atom. The summed E-state index contributed by atoms with van der Waals surface area (Å²) in [6.07, 6.45) is 2.46. The molecule has 1 fully saturated rings. The number of rotatable bonds is 7. The maximum atomic E-state index is 12.4. The first-order valence-electron chi connectivity index (χ1n) is 10.4. The number of aliphatic hydroxyl groups is 1. The highest BCUT2D eigenvalue weighted by atomic mass is 16.5. The molecule has 0 aliphatic carbocycles. The van der Waals surface area contributed by atoms with Crippen LogP contribution in [0.4, 0.5) is 0 Å². The molecule has 3 nitrogen and oxygen atoms in total. The second-order valence-electron chi connectivity index (χ2n) is 7.83. The second-order valence-corrected chi connectivity index (χ2v) is 7.83. The third kappa shape index (κ3) is 4.07. The summed E-state index contributed by atoms with van der Waals surface area (Å²) >= 11 is 0. The summed E-state index contributed by atoms with van der Waals surface area (Å²) in [6, 6.07) is 28.3. The molecular weight excluding hydrogens is 358 g/mol. The van der Waals surface area contributed by atoms with E-state index in [1.807, 2.05) is 60.7 Å². The van der Waals surface area contributed by atoms with Gasteiger partial charge in [-0.2, -0.15) is 0 Å². The smallest absolute Gasteiger partial charge is 0.123 e. The summed E-state index contributed by atoms with van der Waals surface area (Å²) in [4.78, 5) is 2.48. The molecule has 1 N–H and O–H groups in total. The number of ether oxygens (including phenoxy) is 1. The van der Waals surface area contributed by atoms with Crippen molar-refractivity contribution in [3.05, 3.63) is 102 Å². The van der Waals surface area contributed by atoms with E-state index in [4.69, 9.17) is 4.74 Å². The van der Waals surface area contributed by atoms with Crippen molar-refractivity contribution >= 4 is 0 Å². The van der Waals surface area contributed by atoms with Gasteiger partial charge in [-0.05, 0) is 54.8 Å². The highest BCUT2D eigenvalue weighted by molar-refractivity contribution is 5.43. The van der Waals surface area contributed by atoms with E-state index in [-0.39, 0.29) is 5.92 Å². The van der Waals surface area contributed by atoms with Crippen LogP contribution < -0.4 is 4.74 Å². The highest BCUT2D eigenvalue weighted by Crippen LogP contribution is 2.43. The van der Waals surface area contributed by atoms with Crippen LogP contribution in [-0.2, 0) is 5.60 Å². The molecule has 0 radical (unpaired) electrons. The van der Waals surface area contributed by atoms with Crippen LogP contribution >= 0.6 is 0 Å². The van der Waals surface area contributed by atoms with Crippen LogP contribution in [0.25, 0.3) is 0 Å². The maximum absolute atomic E-state index is 12.4. The van der Waals surface area contributed by atoms with Crippen molar-refractivity contribution in [2.75, 3.05) is 26.7 Å². The van der Waals surface area contributed by atoms with Gasteiger partial charge in [-0.25, -0.2) is 0 Å². The fourth-order valence-corrected chi connectivity index (χ4v) is 4.49. The minimum absolute atomic E-state index is 0.0856. The molecule has 2 atom stereocenters. The van der Waals surface area contributed by atoms with Gasteiger partial charge in [0.05, 0.1) is 7.11 Å². The molecule has 0 spiro atoms. The van der Waals surface area contributed by atoms with Crippen LogP contribution in [-0.4, -0.2) is 36.8 Å². The molecule has 1 aliphatic heterocycles. The van der Waals surface area contributed by atoms with Gasteiger partial charge in [0.15, 0.2) is 0 Å². The van der Waals surface area contributed by atoms with Crippen molar-refractivity contribution in [3.8, 4) is 5.75 Å². The van der Waals surface area contributed by atoms with Gasteiger partial charge in [0.25, 0.3) is 0 Å². The van der Waals surface area contributed by atoms with E-state index in [1.165, 1.54) is 12.8 Å². The van der Waals surface area contributed by atoms with E-state index in [9.17, 15) is 5.11 Å². The average molecular weight is 388 g/mol. The van der Waals surface area contributed by atoms with Crippen molar-refractivity contribution in [1.29, 1.82) is 0 Å². The van der Waals surface area contributed by atoms with Crippen LogP contribution in [0.5, 0.6) is 5.75 Å². The predicted molar refractivity (Wildman–Crippen MR) is 117 cm³/mol. The van der Waals surface area contributed by atoms with E-state index in [0.29, 0.717) is 0 Å². The average Bonchev–Trinajstić information content (AvgIpc) is 3.32. The Kier molecular flexibility index (Phi) is 5.98. The van der Waals surface area contributed by atoms with Crippen LogP contribution in [0.15, 0.2) is 84.9 Å². The minimum atomic E-state index is -1.14. The molecular formula is C26H29NO2. The first-order valence-corrected chi connectivity index (χ1v) is 10.4. The molecule has 0 aromatic heterocycles. The lowest BCUT2D eigenvalue weighted by atomic mass is 9.72. The molecule has 0 amide bonds. The molecule has 29 heavy (non-hydrogen) atoms. The zero-order valence-corrected chi connectivity index (χ0v) is 17.0. The minimum Gasteiger partial charge on any atom is -0.497 e. The van der Waals surface area contributed by atoms with Crippen LogP contribution in [0, 0.1) is 0 Å². The molecule has 0 saturated carbocycles. The standard InChI is InChI=1S/C26H29NO2/c1-29-24-16-14-23(15-17-24)26(28,22-12-6-3-7-13-22)25(20-27-18-8-9-19-27)21-10-4-2-5-11-21/h2-7,10-17,25,28H,8-9,18-20H2,1H3/t25-,26-/m1/s1. The number of hydrogen-bond donors (Lipinski definition) is 1. The van der Waals surface area contributed by atoms with Gasteiger partial charge >= 0.3 is 0 Å². The summed E-state index contributed by atoms with van der Waals surface area (Å²) in [5, 5.41) is 12.4. The second kappa shape index (κ2) is 8.81. The predicted octanol–water partition coefficient (Wildman–Crippen LogP) is 4.81. The summed E-state index contributed by atoms with van der Waals surface area (Å²) in [7, 11) is 1.67. The van der Waals surface area contributed by atoms with Gasteiger partial charge in [0.2, 0.25) is 0 Å². The molecule has 1 aliphatic rings.